The first-order valence-electron chi connectivity index (χ1n) is 5.48. The van der Waals surface area contributed by atoms with Crippen molar-refractivity contribution < 1.29 is 4.79 Å². The molecule has 1 rings (SSSR count). The molecule has 0 aliphatic heterocycles. The van der Waals surface area contributed by atoms with Gasteiger partial charge in [0.1, 0.15) is 0 Å². The third-order valence-electron chi connectivity index (χ3n) is 2.18. The van der Waals surface area contributed by atoms with Crippen LogP contribution in [-0.4, -0.2) is 12.6 Å². The van der Waals surface area contributed by atoms with E-state index in [0.717, 1.165) is 29.4 Å². The van der Waals surface area contributed by atoms with Crippen molar-refractivity contribution in [3.8, 4) is 0 Å². The summed E-state index contributed by atoms with van der Waals surface area (Å²) in [5.41, 5.74) is 1.09. The number of halogens is 1. The van der Waals surface area contributed by atoms with E-state index in [1.54, 1.807) is 0 Å². The lowest BCUT2D eigenvalue weighted by Crippen LogP contribution is -2.35. The molecule has 0 aliphatic carbocycles. The van der Waals surface area contributed by atoms with E-state index in [4.69, 9.17) is 0 Å². The molecule has 1 aromatic rings. The van der Waals surface area contributed by atoms with Crippen LogP contribution in [0.15, 0.2) is 28.7 Å². The minimum Gasteiger partial charge on any atom is -0.338 e. The van der Waals surface area contributed by atoms with Crippen LogP contribution in [0.1, 0.15) is 25.3 Å². The molecule has 0 bridgehead atoms. The minimum atomic E-state index is -0.101. The van der Waals surface area contributed by atoms with Crippen LogP contribution < -0.4 is 10.6 Å². The molecule has 0 aliphatic rings. The van der Waals surface area contributed by atoms with Gasteiger partial charge >= 0.3 is 6.03 Å². The predicted octanol–water partition coefficient (Wildman–Crippen LogP) is 3.05. The van der Waals surface area contributed by atoms with Crippen LogP contribution in [0.25, 0.3) is 0 Å². The van der Waals surface area contributed by atoms with E-state index < -0.39 is 0 Å². The maximum atomic E-state index is 11.3. The van der Waals surface area contributed by atoms with E-state index in [-0.39, 0.29) is 6.03 Å². The Hall–Kier alpha value is -1.03. The quantitative estimate of drug-likeness (QED) is 0.802. The Bertz CT molecular complexity index is 324. The van der Waals surface area contributed by atoms with Crippen molar-refractivity contribution in [2.75, 3.05) is 6.54 Å². The van der Waals surface area contributed by atoms with Gasteiger partial charge in [-0.2, -0.15) is 0 Å². The van der Waals surface area contributed by atoms with Crippen LogP contribution in [0.3, 0.4) is 0 Å². The molecular weight excluding hydrogens is 268 g/mol. The third-order valence-corrected chi connectivity index (χ3v) is 2.71. The second kappa shape index (κ2) is 7.28. The summed E-state index contributed by atoms with van der Waals surface area (Å²) in [6.07, 6.45) is 2.11. The molecule has 2 N–H and O–H groups in total. The lowest BCUT2D eigenvalue weighted by molar-refractivity contribution is 0.240. The fourth-order valence-electron chi connectivity index (χ4n) is 1.23. The van der Waals surface area contributed by atoms with E-state index in [2.05, 4.69) is 33.5 Å². The second-order valence-electron chi connectivity index (χ2n) is 3.59. The topological polar surface area (TPSA) is 41.1 Å². The Morgan fingerprint density at radius 2 is 1.94 bits per heavy atom. The zero-order valence-electron chi connectivity index (χ0n) is 9.42. The summed E-state index contributed by atoms with van der Waals surface area (Å²) in [7, 11) is 0. The van der Waals surface area contributed by atoms with Gasteiger partial charge in [-0.05, 0) is 24.1 Å². The Morgan fingerprint density at radius 1 is 1.25 bits per heavy atom. The molecule has 0 heterocycles. The highest BCUT2D eigenvalue weighted by Gasteiger charge is 1.98. The van der Waals surface area contributed by atoms with Gasteiger partial charge < -0.3 is 10.6 Å². The molecule has 0 fully saturated rings. The Balaban J connectivity index is 2.23. The average Bonchev–Trinajstić information content (AvgIpc) is 2.29. The van der Waals surface area contributed by atoms with Crippen molar-refractivity contribution in [1.82, 2.24) is 10.6 Å². The molecule has 0 unspecified atom stereocenters. The number of hydrogen-bond donors (Lipinski definition) is 2. The highest BCUT2D eigenvalue weighted by Crippen LogP contribution is 2.09. The maximum Gasteiger partial charge on any atom is 0.315 e. The average molecular weight is 285 g/mol. The van der Waals surface area contributed by atoms with Gasteiger partial charge in [0, 0.05) is 17.6 Å². The molecule has 0 saturated heterocycles. The first-order chi connectivity index (χ1) is 7.72. The van der Waals surface area contributed by atoms with Crippen molar-refractivity contribution in [3.05, 3.63) is 34.3 Å². The third kappa shape index (κ3) is 5.16. The second-order valence-corrected chi connectivity index (χ2v) is 4.51. The fourth-order valence-corrected chi connectivity index (χ4v) is 1.49. The van der Waals surface area contributed by atoms with Gasteiger partial charge in [0.25, 0.3) is 0 Å². The molecule has 1 aromatic carbocycles. The van der Waals surface area contributed by atoms with E-state index >= 15 is 0 Å². The number of rotatable bonds is 5. The molecule has 3 nitrogen and oxygen atoms in total. The Morgan fingerprint density at radius 3 is 2.56 bits per heavy atom. The number of nitrogens with one attached hydrogen (secondary N) is 2. The molecule has 4 heteroatoms. The normalized spacial score (nSPS) is 9.88. The fraction of sp³-hybridized carbons (Fsp3) is 0.417. The summed E-state index contributed by atoms with van der Waals surface area (Å²) in [4.78, 5) is 11.3. The molecule has 16 heavy (non-hydrogen) atoms. The van der Waals surface area contributed by atoms with E-state index in [0.29, 0.717) is 6.54 Å². The Kier molecular flexibility index (Phi) is 5.93. The summed E-state index contributed by atoms with van der Waals surface area (Å²) >= 11 is 3.37. The maximum absolute atomic E-state index is 11.3. The van der Waals surface area contributed by atoms with Gasteiger partial charge in [0.2, 0.25) is 0 Å². The summed E-state index contributed by atoms with van der Waals surface area (Å²) < 4.78 is 1.05. The van der Waals surface area contributed by atoms with Gasteiger partial charge in [-0.25, -0.2) is 4.79 Å². The minimum absolute atomic E-state index is 0.101. The van der Waals surface area contributed by atoms with Gasteiger partial charge in [-0.3, -0.25) is 0 Å². The van der Waals surface area contributed by atoms with Gasteiger partial charge in [0.15, 0.2) is 0 Å². The van der Waals surface area contributed by atoms with Gasteiger partial charge in [-0.15, -0.1) is 0 Å². The van der Waals surface area contributed by atoms with Crippen LogP contribution in [0.2, 0.25) is 0 Å². The highest BCUT2D eigenvalue weighted by atomic mass is 79.9. The number of urea groups is 1. The summed E-state index contributed by atoms with van der Waals surface area (Å²) in [6.45, 7) is 3.40. The molecular formula is C12H17BrN2O. The van der Waals surface area contributed by atoms with Crippen LogP contribution in [0, 0.1) is 0 Å². The standard InChI is InChI=1S/C12H17BrN2O/c1-2-3-8-14-12(16)15-9-10-4-6-11(13)7-5-10/h4-7H,2-3,8-9H2,1H3,(H2,14,15,16). The van der Waals surface area contributed by atoms with Crippen LogP contribution >= 0.6 is 15.9 Å². The zero-order valence-corrected chi connectivity index (χ0v) is 11.0. The van der Waals surface area contributed by atoms with Crippen molar-refractivity contribution in [2.45, 2.75) is 26.3 Å². The summed E-state index contributed by atoms with van der Waals surface area (Å²) in [5.74, 6) is 0. The molecule has 0 radical (unpaired) electrons. The van der Waals surface area contributed by atoms with Crippen LogP contribution in [-0.2, 0) is 6.54 Å². The van der Waals surface area contributed by atoms with Crippen molar-refractivity contribution in [3.63, 3.8) is 0 Å². The van der Waals surface area contributed by atoms with Crippen LogP contribution in [0.4, 0.5) is 4.79 Å². The van der Waals surface area contributed by atoms with Gasteiger partial charge in [0.05, 0.1) is 0 Å². The van der Waals surface area contributed by atoms with Gasteiger partial charge in [-0.1, -0.05) is 41.4 Å². The number of unbranched alkanes of at least 4 members (excludes halogenated alkanes) is 1. The van der Waals surface area contributed by atoms with E-state index in [1.165, 1.54) is 0 Å². The lowest BCUT2D eigenvalue weighted by atomic mass is 10.2. The largest absolute Gasteiger partial charge is 0.338 e. The number of benzene rings is 1. The van der Waals surface area contributed by atoms with E-state index in [1.807, 2.05) is 24.3 Å². The van der Waals surface area contributed by atoms with Crippen molar-refractivity contribution in [1.29, 1.82) is 0 Å². The molecule has 0 spiro atoms. The SMILES string of the molecule is CCCCNC(=O)NCc1ccc(Br)cc1. The predicted molar refractivity (Wildman–Crippen MR) is 69.3 cm³/mol. The first kappa shape index (κ1) is 13.0. The first-order valence-corrected chi connectivity index (χ1v) is 6.28. The molecule has 0 aromatic heterocycles. The highest BCUT2D eigenvalue weighted by molar-refractivity contribution is 9.10. The van der Waals surface area contributed by atoms with Crippen LogP contribution in [0.5, 0.6) is 0 Å². The van der Waals surface area contributed by atoms with Crippen molar-refractivity contribution in [2.24, 2.45) is 0 Å². The summed E-state index contributed by atoms with van der Waals surface area (Å²) in [6, 6.07) is 7.79. The molecule has 0 atom stereocenters. The van der Waals surface area contributed by atoms with E-state index in [9.17, 15) is 4.79 Å². The monoisotopic (exact) mass is 284 g/mol. The zero-order chi connectivity index (χ0) is 11.8. The smallest absolute Gasteiger partial charge is 0.315 e. The number of hydrogen-bond acceptors (Lipinski definition) is 1. The molecule has 0 saturated carbocycles. The summed E-state index contributed by atoms with van der Waals surface area (Å²) in [5, 5.41) is 5.62. The molecule has 88 valence electrons. The number of amides is 2. The Labute approximate surface area is 105 Å². The number of carbonyl (C=O) groups is 1. The lowest BCUT2D eigenvalue weighted by Gasteiger charge is -2.07. The molecule has 2 amide bonds. The van der Waals surface area contributed by atoms with Crippen molar-refractivity contribution >= 4 is 22.0 Å². The number of carbonyl (C=O) groups excluding carboxylic acids is 1.